The van der Waals surface area contributed by atoms with Crippen LogP contribution >= 0.6 is 15.9 Å². The van der Waals surface area contributed by atoms with E-state index in [0.717, 1.165) is 83.0 Å². The SMILES string of the molecule is Brc1cccc(-c2cc(-c3ccc(-c4ccccc4)cc3)nc(-c3ccccc3)n2)c1.C.CC1(C)c2cc(C#N)ccc2-c2ccc(-c3cccc(-c4cc(-c5ccc(-c6ccccc6)cc5)nc(-c5ccccc5)n4)c3)cc21.CC1(C)c2cc(C#N)ccc2-c2ccc(B3OC(C)(C)C(C)(C)O3)cc21. The van der Waals surface area contributed by atoms with Crippen molar-refractivity contribution >= 4 is 28.5 Å². The topological polar surface area (TPSA) is 118 Å². The van der Waals surface area contributed by atoms with Gasteiger partial charge in [0, 0.05) is 48.7 Å². The molecule has 0 saturated carbocycles. The minimum Gasteiger partial charge on any atom is -0.399 e. The molecular weight excluding hydrogens is 1350 g/mol. The van der Waals surface area contributed by atoms with E-state index in [2.05, 4.69) is 290 Å². The van der Waals surface area contributed by atoms with Crippen LogP contribution in [0, 0.1) is 22.7 Å². The van der Waals surface area contributed by atoms with Crippen LogP contribution in [0.3, 0.4) is 0 Å². The molecule has 0 N–H and O–H groups in total. The highest BCUT2D eigenvalue weighted by molar-refractivity contribution is 9.10. The van der Waals surface area contributed by atoms with Crippen LogP contribution in [0.15, 0.2) is 308 Å². The summed E-state index contributed by atoms with van der Waals surface area (Å²) in [7, 11) is -0.362. The lowest BCUT2D eigenvalue weighted by molar-refractivity contribution is 0.00578. The van der Waals surface area contributed by atoms with Crippen molar-refractivity contribution in [2.45, 2.75) is 84.8 Å². The number of halogens is 1. The molecular formula is C95H78BBrN6O2. The van der Waals surface area contributed by atoms with Gasteiger partial charge in [0.1, 0.15) is 0 Å². The van der Waals surface area contributed by atoms with E-state index in [0.29, 0.717) is 17.0 Å². The number of hydrogen-bond acceptors (Lipinski definition) is 8. The summed E-state index contributed by atoms with van der Waals surface area (Å²) in [5.74, 6) is 1.42. The van der Waals surface area contributed by atoms with Crippen LogP contribution in [-0.4, -0.2) is 38.3 Å². The molecule has 0 unspecified atom stereocenters. The highest BCUT2D eigenvalue weighted by Crippen LogP contribution is 2.51. The fourth-order valence-corrected chi connectivity index (χ4v) is 14.7. The summed E-state index contributed by atoms with van der Waals surface area (Å²) in [6.45, 7) is 17.2. The number of aromatic nitrogens is 4. The van der Waals surface area contributed by atoms with Crippen LogP contribution in [0.5, 0.6) is 0 Å². The Hall–Kier alpha value is -11.8. The normalized spacial score (nSPS) is 14.1. The number of benzene rings is 12. The second kappa shape index (κ2) is 28.8. The minimum atomic E-state index is -0.362. The zero-order valence-corrected chi connectivity index (χ0v) is 60.9. The first-order chi connectivity index (χ1) is 50.3. The van der Waals surface area contributed by atoms with Crippen LogP contribution < -0.4 is 5.46 Å². The van der Waals surface area contributed by atoms with E-state index in [-0.39, 0.29) is 36.6 Å². The number of nitrogens with zero attached hydrogens (tertiary/aromatic N) is 6. The Morgan fingerprint density at radius 2 is 0.610 bits per heavy atom. The first-order valence-corrected chi connectivity index (χ1v) is 35.9. The Labute approximate surface area is 625 Å². The summed E-state index contributed by atoms with van der Waals surface area (Å²) in [6, 6.07) is 109. The molecule has 1 aliphatic heterocycles. The molecule has 12 aromatic carbocycles. The number of fused-ring (bicyclic) bond motifs is 6. The second-order valence-corrected chi connectivity index (χ2v) is 29.7. The fraction of sp³-hybridized carbons (Fsp3) is 0.137. The van der Waals surface area contributed by atoms with Crippen molar-refractivity contribution in [3.05, 3.63) is 341 Å². The summed E-state index contributed by atoms with van der Waals surface area (Å²) < 4.78 is 13.5. The molecule has 0 spiro atoms. The van der Waals surface area contributed by atoms with Crippen LogP contribution in [0.2, 0.25) is 0 Å². The van der Waals surface area contributed by atoms with Gasteiger partial charge >= 0.3 is 7.12 Å². The first-order valence-electron chi connectivity index (χ1n) is 35.1. The lowest BCUT2D eigenvalue weighted by atomic mass is 9.74. The number of hydrogen-bond donors (Lipinski definition) is 0. The van der Waals surface area contributed by atoms with E-state index in [1.807, 2.05) is 97.1 Å². The van der Waals surface area contributed by atoms with Crippen molar-refractivity contribution in [3.63, 3.8) is 0 Å². The van der Waals surface area contributed by atoms with Crippen LogP contribution in [0.4, 0.5) is 0 Å². The quantitative estimate of drug-likeness (QED) is 0.124. The molecule has 105 heavy (non-hydrogen) atoms. The maximum absolute atomic E-state index is 9.53. The van der Waals surface area contributed by atoms with E-state index < -0.39 is 0 Å². The van der Waals surface area contributed by atoms with Gasteiger partial charge in [-0.2, -0.15) is 10.5 Å². The number of nitriles is 2. The maximum atomic E-state index is 9.53. The van der Waals surface area contributed by atoms with Gasteiger partial charge in [-0.3, -0.25) is 0 Å². The van der Waals surface area contributed by atoms with Crippen molar-refractivity contribution in [1.29, 1.82) is 10.5 Å². The van der Waals surface area contributed by atoms with Gasteiger partial charge in [0.05, 0.1) is 57.2 Å². The van der Waals surface area contributed by atoms with E-state index in [4.69, 9.17) is 29.2 Å². The van der Waals surface area contributed by atoms with E-state index >= 15 is 0 Å². The zero-order chi connectivity index (χ0) is 71.9. The molecule has 14 aromatic rings. The molecule has 0 bridgehead atoms. The summed E-state index contributed by atoms with van der Waals surface area (Å²) in [5.41, 5.74) is 28.0. The lowest BCUT2D eigenvalue weighted by Crippen LogP contribution is -2.41. The summed E-state index contributed by atoms with van der Waals surface area (Å²) in [5, 5.41) is 18.8. The van der Waals surface area contributed by atoms with Gasteiger partial charge in [-0.1, -0.05) is 294 Å². The van der Waals surface area contributed by atoms with Crippen molar-refractivity contribution in [1.82, 2.24) is 19.9 Å². The van der Waals surface area contributed by atoms with Crippen LogP contribution in [-0.2, 0) is 20.1 Å². The van der Waals surface area contributed by atoms with Crippen LogP contribution in [0.25, 0.3) is 123 Å². The minimum absolute atomic E-state index is 0. The van der Waals surface area contributed by atoms with Gasteiger partial charge in [-0.05, 0) is 172 Å². The highest BCUT2D eigenvalue weighted by atomic mass is 79.9. The van der Waals surface area contributed by atoms with Crippen LogP contribution in [0.1, 0.15) is 96.2 Å². The van der Waals surface area contributed by atoms with Gasteiger partial charge in [0.25, 0.3) is 0 Å². The molecule has 0 radical (unpaired) electrons. The predicted molar refractivity (Wildman–Crippen MR) is 434 cm³/mol. The Morgan fingerprint density at radius 1 is 0.295 bits per heavy atom. The standard InChI is InChI=1S/C44H31N3.C28H19BrN2.C22H24BNO2.CH4/c1-44(2)39-24-29(28-45)16-22-37(39)38-23-21-35(26-40(38)44)34-14-9-15-36(25-34)42-27-41(46-43(47-42)33-12-7-4-8-13-33)32-19-17-31(18-20-32)30-10-5-3-6-11-30;29-25-13-7-12-24(18-25)27-19-26(30-28(31-27)23-10-5-2-6-11-23)22-16-14-21(15-17-22)20-8-3-1-4-9-20;1-20(2)18-11-14(13-24)7-9-16(18)17-10-8-15(12-19(17)20)23-25-21(3,4)22(5,6)26-23;/h3-27H,1-2H3;1-19H;7-12H,1-6H3;1H4. The molecule has 3 heterocycles. The number of rotatable bonds is 10. The van der Waals surface area contributed by atoms with Gasteiger partial charge in [0.2, 0.25) is 0 Å². The van der Waals surface area contributed by atoms with Gasteiger partial charge < -0.3 is 9.31 Å². The van der Waals surface area contributed by atoms with E-state index in [9.17, 15) is 10.5 Å². The third-order valence-corrected chi connectivity index (χ3v) is 21.4. The molecule has 1 fully saturated rings. The molecule has 0 atom stereocenters. The monoisotopic (exact) mass is 1420 g/mol. The fourth-order valence-electron chi connectivity index (χ4n) is 14.3. The lowest BCUT2D eigenvalue weighted by Gasteiger charge is -2.32. The van der Waals surface area contributed by atoms with E-state index in [1.165, 1.54) is 66.8 Å². The van der Waals surface area contributed by atoms with Gasteiger partial charge in [-0.25, -0.2) is 19.9 Å². The molecule has 8 nitrogen and oxygen atoms in total. The molecule has 17 rings (SSSR count). The Kier molecular flexibility index (Phi) is 19.3. The average molecular weight is 1430 g/mol. The molecule has 10 heteroatoms. The van der Waals surface area contributed by atoms with E-state index in [1.54, 1.807) is 0 Å². The molecule has 2 aliphatic carbocycles. The third kappa shape index (κ3) is 14.0. The van der Waals surface area contributed by atoms with Crippen molar-refractivity contribution in [3.8, 4) is 136 Å². The van der Waals surface area contributed by atoms with Crippen molar-refractivity contribution in [2.75, 3.05) is 0 Å². The first kappa shape index (κ1) is 70.3. The maximum Gasteiger partial charge on any atom is 0.494 e. The summed E-state index contributed by atoms with van der Waals surface area (Å²) in [4.78, 5) is 19.9. The predicted octanol–water partition coefficient (Wildman–Crippen LogP) is 23.7. The molecule has 1 saturated heterocycles. The Balaban J connectivity index is 0.000000139. The summed E-state index contributed by atoms with van der Waals surface area (Å²) >= 11 is 3.57. The summed E-state index contributed by atoms with van der Waals surface area (Å²) in [6.07, 6.45) is 0. The Morgan fingerprint density at radius 3 is 1.04 bits per heavy atom. The molecule has 0 amide bonds. The Bertz CT molecular complexity index is 5640. The van der Waals surface area contributed by atoms with Gasteiger partial charge in [0.15, 0.2) is 11.6 Å². The third-order valence-electron chi connectivity index (χ3n) is 20.9. The molecule has 2 aromatic heterocycles. The van der Waals surface area contributed by atoms with Crippen molar-refractivity contribution < 1.29 is 9.31 Å². The highest BCUT2D eigenvalue weighted by Gasteiger charge is 2.52. The second-order valence-electron chi connectivity index (χ2n) is 28.8. The van der Waals surface area contributed by atoms with Crippen molar-refractivity contribution in [2.24, 2.45) is 0 Å². The average Bonchev–Trinajstić information content (AvgIpc) is 1.32. The molecule has 510 valence electrons. The largest absolute Gasteiger partial charge is 0.494 e. The molecule has 3 aliphatic rings. The zero-order valence-electron chi connectivity index (χ0n) is 59.3. The van der Waals surface area contributed by atoms with Gasteiger partial charge in [-0.15, -0.1) is 0 Å². The smallest absolute Gasteiger partial charge is 0.399 e.